The number of benzene rings is 3. The predicted octanol–water partition coefficient (Wildman–Crippen LogP) is 5.90. The number of hydrogen-bond donors (Lipinski definition) is 2. The number of anilines is 3. The van der Waals surface area contributed by atoms with Crippen LogP contribution in [0.2, 0.25) is 5.02 Å². The Kier molecular flexibility index (Phi) is 8.14. The van der Waals surface area contributed by atoms with Crippen LogP contribution in [0.3, 0.4) is 0 Å². The van der Waals surface area contributed by atoms with Crippen LogP contribution in [0.4, 0.5) is 17.1 Å². The minimum absolute atomic E-state index is 0.133. The van der Waals surface area contributed by atoms with Gasteiger partial charge in [-0.25, -0.2) is 9.69 Å². The molecule has 3 aromatic rings. The molecular formula is C28H23Cl2N3O5. The summed E-state index contributed by atoms with van der Waals surface area (Å²) in [6.07, 6.45) is 0.690. The minimum atomic E-state index is -0.717. The average molecular weight is 552 g/mol. The van der Waals surface area contributed by atoms with E-state index in [0.717, 1.165) is 10.5 Å². The predicted molar refractivity (Wildman–Crippen MR) is 147 cm³/mol. The zero-order chi connectivity index (χ0) is 27.4. The van der Waals surface area contributed by atoms with Gasteiger partial charge in [0.2, 0.25) is 0 Å². The Morgan fingerprint density at radius 2 is 1.63 bits per heavy atom. The Balaban J connectivity index is 1.48. The number of rotatable bonds is 8. The van der Waals surface area contributed by atoms with Crippen molar-refractivity contribution in [2.45, 2.75) is 20.3 Å². The maximum Gasteiger partial charge on any atom is 0.338 e. The highest BCUT2D eigenvalue weighted by atomic mass is 35.5. The third kappa shape index (κ3) is 5.72. The normalized spacial score (nSPS) is 13.1. The van der Waals surface area contributed by atoms with E-state index in [0.29, 0.717) is 40.6 Å². The molecule has 1 aliphatic heterocycles. The molecule has 3 aromatic carbocycles. The van der Waals surface area contributed by atoms with Gasteiger partial charge in [-0.15, -0.1) is 0 Å². The highest BCUT2D eigenvalue weighted by molar-refractivity contribution is 6.53. The Labute approximate surface area is 229 Å². The first kappa shape index (κ1) is 26.9. The highest BCUT2D eigenvalue weighted by Crippen LogP contribution is 2.30. The number of amides is 3. The van der Waals surface area contributed by atoms with Crippen LogP contribution >= 0.6 is 23.2 Å². The van der Waals surface area contributed by atoms with Crippen molar-refractivity contribution in [1.82, 2.24) is 0 Å². The number of carbonyl (C=O) groups excluding carboxylic acids is 4. The molecule has 194 valence electrons. The zero-order valence-corrected chi connectivity index (χ0v) is 22.0. The van der Waals surface area contributed by atoms with Gasteiger partial charge in [0.25, 0.3) is 17.7 Å². The lowest BCUT2D eigenvalue weighted by molar-refractivity contribution is -0.120. The molecule has 0 spiro atoms. The molecule has 38 heavy (non-hydrogen) atoms. The quantitative estimate of drug-likeness (QED) is 0.266. The maximum absolute atomic E-state index is 13.1. The van der Waals surface area contributed by atoms with Crippen LogP contribution in [0, 0.1) is 6.92 Å². The van der Waals surface area contributed by atoms with Gasteiger partial charge in [-0.05, 0) is 73.5 Å². The molecule has 0 saturated carbocycles. The summed E-state index contributed by atoms with van der Waals surface area (Å²) in [5, 5.41) is 5.86. The molecule has 0 atom stereocenters. The number of nitrogens with one attached hydrogen (secondary N) is 2. The van der Waals surface area contributed by atoms with Gasteiger partial charge in [0, 0.05) is 22.0 Å². The molecule has 4 rings (SSSR count). The summed E-state index contributed by atoms with van der Waals surface area (Å²) in [7, 11) is 0. The van der Waals surface area contributed by atoms with E-state index in [2.05, 4.69) is 10.6 Å². The van der Waals surface area contributed by atoms with Crippen molar-refractivity contribution in [2.24, 2.45) is 0 Å². The Morgan fingerprint density at radius 3 is 2.32 bits per heavy atom. The van der Waals surface area contributed by atoms with Gasteiger partial charge >= 0.3 is 5.97 Å². The summed E-state index contributed by atoms with van der Waals surface area (Å²) < 4.78 is 5.09. The number of imide groups is 1. The molecule has 0 aliphatic carbocycles. The maximum atomic E-state index is 13.1. The van der Waals surface area contributed by atoms with Crippen LogP contribution in [0.5, 0.6) is 0 Å². The topological polar surface area (TPSA) is 105 Å². The number of ether oxygens (including phenoxy) is 1. The van der Waals surface area contributed by atoms with Crippen molar-refractivity contribution < 1.29 is 23.9 Å². The Morgan fingerprint density at radius 1 is 0.895 bits per heavy atom. The van der Waals surface area contributed by atoms with Gasteiger partial charge in [0.15, 0.2) is 0 Å². The van der Waals surface area contributed by atoms with Crippen molar-refractivity contribution in [3.05, 3.63) is 99.2 Å². The van der Waals surface area contributed by atoms with E-state index in [1.54, 1.807) is 36.4 Å². The van der Waals surface area contributed by atoms with Crippen LogP contribution in [-0.4, -0.2) is 30.3 Å². The first-order valence-corrected chi connectivity index (χ1v) is 12.5. The number of hydrogen-bond acceptors (Lipinski definition) is 6. The SMILES string of the molecule is CCCOC(=O)c1ccc(N2C(=O)C(Cl)=C(Nc3cccc(C(=O)Nc4ccc(C)c(Cl)c4)c3)C2=O)cc1. The highest BCUT2D eigenvalue weighted by Gasteiger charge is 2.39. The van der Waals surface area contributed by atoms with Crippen LogP contribution < -0.4 is 15.5 Å². The molecule has 8 nitrogen and oxygen atoms in total. The lowest BCUT2D eigenvalue weighted by atomic mass is 10.1. The molecule has 0 aromatic heterocycles. The largest absolute Gasteiger partial charge is 0.462 e. The lowest BCUT2D eigenvalue weighted by Gasteiger charge is -2.15. The van der Waals surface area contributed by atoms with E-state index in [1.807, 2.05) is 13.8 Å². The third-order valence-corrected chi connectivity index (χ3v) is 6.41. The molecule has 0 radical (unpaired) electrons. The van der Waals surface area contributed by atoms with Crippen LogP contribution in [0.15, 0.2) is 77.5 Å². The number of carbonyl (C=O) groups is 4. The molecule has 2 N–H and O–H groups in total. The van der Waals surface area contributed by atoms with Crippen molar-refractivity contribution in [1.29, 1.82) is 0 Å². The number of nitrogens with zero attached hydrogens (tertiary/aromatic N) is 1. The number of aryl methyl sites for hydroxylation is 1. The van der Waals surface area contributed by atoms with E-state index < -0.39 is 17.8 Å². The van der Waals surface area contributed by atoms with Gasteiger partial charge in [0.05, 0.1) is 17.9 Å². The van der Waals surface area contributed by atoms with Gasteiger partial charge < -0.3 is 15.4 Å². The fourth-order valence-electron chi connectivity index (χ4n) is 3.63. The minimum Gasteiger partial charge on any atom is -0.462 e. The number of halogens is 2. The zero-order valence-electron chi connectivity index (χ0n) is 20.5. The van der Waals surface area contributed by atoms with Crippen molar-refractivity contribution in [2.75, 3.05) is 22.1 Å². The molecule has 1 aliphatic rings. The van der Waals surface area contributed by atoms with Gasteiger partial charge in [-0.1, -0.05) is 42.3 Å². The van der Waals surface area contributed by atoms with E-state index in [9.17, 15) is 19.2 Å². The average Bonchev–Trinajstić information content (AvgIpc) is 3.12. The summed E-state index contributed by atoms with van der Waals surface area (Å²) >= 11 is 12.4. The lowest BCUT2D eigenvalue weighted by Crippen LogP contribution is -2.32. The molecular weight excluding hydrogens is 529 g/mol. The molecule has 1 heterocycles. The van der Waals surface area contributed by atoms with E-state index >= 15 is 0 Å². The second-order valence-corrected chi connectivity index (χ2v) is 9.23. The van der Waals surface area contributed by atoms with Crippen molar-refractivity contribution in [3.8, 4) is 0 Å². The van der Waals surface area contributed by atoms with Crippen LogP contribution in [0.1, 0.15) is 39.6 Å². The third-order valence-electron chi connectivity index (χ3n) is 5.65. The van der Waals surface area contributed by atoms with E-state index in [1.165, 1.54) is 30.3 Å². The first-order chi connectivity index (χ1) is 18.2. The second kappa shape index (κ2) is 11.5. The van der Waals surface area contributed by atoms with Crippen LogP contribution in [0.25, 0.3) is 0 Å². The van der Waals surface area contributed by atoms with Gasteiger partial charge in [-0.2, -0.15) is 0 Å². The summed E-state index contributed by atoms with van der Waals surface area (Å²) in [5.74, 6) is -2.27. The van der Waals surface area contributed by atoms with E-state index in [-0.39, 0.29) is 22.3 Å². The van der Waals surface area contributed by atoms with Gasteiger partial charge in [-0.3, -0.25) is 14.4 Å². The molecule has 10 heteroatoms. The second-order valence-electron chi connectivity index (χ2n) is 8.44. The monoisotopic (exact) mass is 551 g/mol. The molecule has 0 saturated heterocycles. The molecule has 0 fully saturated rings. The molecule has 0 bridgehead atoms. The van der Waals surface area contributed by atoms with Crippen LogP contribution in [-0.2, 0) is 14.3 Å². The summed E-state index contributed by atoms with van der Waals surface area (Å²) in [6.45, 7) is 4.04. The Bertz CT molecular complexity index is 1470. The smallest absolute Gasteiger partial charge is 0.338 e. The summed E-state index contributed by atoms with van der Waals surface area (Å²) in [5.41, 5.74) is 2.51. The van der Waals surface area contributed by atoms with Crippen molar-refractivity contribution >= 4 is 64.0 Å². The standard InChI is InChI=1S/C28H23Cl2N3O5/c1-3-13-38-28(37)17-8-11-21(12-9-17)33-26(35)23(30)24(27(33)36)31-19-6-4-5-18(14-19)25(34)32-20-10-7-16(2)22(29)15-20/h4-12,14-15,31H,3,13H2,1-2H3,(H,32,34). The fourth-order valence-corrected chi connectivity index (χ4v) is 4.02. The summed E-state index contributed by atoms with van der Waals surface area (Å²) in [6, 6.07) is 17.5. The summed E-state index contributed by atoms with van der Waals surface area (Å²) in [4.78, 5) is 51.7. The first-order valence-electron chi connectivity index (χ1n) is 11.7. The van der Waals surface area contributed by atoms with Crippen molar-refractivity contribution in [3.63, 3.8) is 0 Å². The van der Waals surface area contributed by atoms with Gasteiger partial charge in [0.1, 0.15) is 10.7 Å². The van der Waals surface area contributed by atoms with E-state index in [4.69, 9.17) is 27.9 Å². The molecule has 3 amide bonds. The molecule has 0 unspecified atom stereocenters. The Hall–Kier alpha value is -4.14. The fraction of sp³-hybridized carbons (Fsp3) is 0.143. The number of esters is 1.